The zero-order valence-corrected chi connectivity index (χ0v) is 13.4. The maximum atomic E-state index is 12.2. The van der Waals surface area contributed by atoms with Gasteiger partial charge < -0.3 is 10.1 Å². The van der Waals surface area contributed by atoms with Crippen LogP contribution in [0.3, 0.4) is 0 Å². The van der Waals surface area contributed by atoms with Crippen LogP contribution in [0, 0.1) is 5.92 Å². The number of nitrogens with one attached hydrogen (secondary N) is 2. The van der Waals surface area contributed by atoms with Crippen molar-refractivity contribution in [3.63, 3.8) is 0 Å². The molecule has 0 aromatic heterocycles. The molecule has 1 aromatic carbocycles. The van der Waals surface area contributed by atoms with Gasteiger partial charge in [-0.3, -0.25) is 0 Å². The van der Waals surface area contributed by atoms with Crippen molar-refractivity contribution in [2.75, 3.05) is 20.2 Å². The van der Waals surface area contributed by atoms with Crippen molar-refractivity contribution in [2.45, 2.75) is 37.1 Å². The molecule has 6 heteroatoms. The van der Waals surface area contributed by atoms with Crippen LogP contribution >= 0.6 is 0 Å². The van der Waals surface area contributed by atoms with E-state index < -0.39 is 10.0 Å². The third-order valence-corrected chi connectivity index (χ3v) is 5.15. The molecule has 0 bridgehead atoms. The molecule has 1 aliphatic rings. The summed E-state index contributed by atoms with van der Waals surface area (Å²) in [5.41, 5.74) is 0. The lowest BCUT2D eigenvalue weighted by molar-refractivity contribution is 0.318. The summed E-state index contributed by atoms with van der Waals surface area (Å²) >= 11 is 0. The number of likely N-dealkylation sites (N-methyl/N-ethyl adjacent to an activating group) is 1. The van der Waals surface area contributed by atoms with Crippen LogP contribution in [0.25, 0.3) is 0 Å². The van der Waals surface area contributed by atoms with Crippen molar-refractivity contribution in [3.8, 4) is 5.75 Å². The summed E-state index contributed by atoms with van der Waals surface area (Å²) in [5, 5.41) is 2.99. The van der Waals surface area contributed by atoms with Gasteiger partial charge in [-0.25, -0.2) is 13.1 Å². The quantitative estimate of drug-likeness (QED) is 0.682. The highest BCUT2D eigenvalue weighted by atomic mass is 32.2. The minimum Gasteiger partial charge on any atom is -0.492 e. The van der Waals surface area contributed by atoms with E-state index in [-0.39, 0.29) is 6.04 Å². The first kappa shape index (κ1) is 16.3. The van der Waals surface area contributed by atoms with Crippen LogP contribution < -0.4 is 14.8 Å². The first-order valence-corrected chi connectivity index (χ1v) is 8.95. The van der Waals surface area contributed by atoms with E-state index in [9.17, 15) is 8.42 Å². The Balaban J connectivity index is 1.91. The highest BCUT2D eigenvalue weighted by Crippen LogP contribution is 2.35. The molecule has 1 aliphatic carbocycles. The fourth-order valence-electron chi connectivity index (χ4n) is 2.34. The van der Waals surface area contributed by atoms with Gasteiger partial charge in [-0.15, -0.1) is 0 Å². The summed E-state index contributed by atoms with van der Waals surface area (Å²) in [4.78, 5) is 0.297. The second-order valence-corrected chi connectivity index (χ2v) is 7.15. The number of hydrogen-bond acceptors (Lipinski definition) is 4. The molecule has 0 spiro atoms. The van der Waals surface area contributed by atoms with E-state index >= 15 is 0 Å². The van der Waals surface area contributed by atoms with Gasteiger partial charge in [0.25, 0.3) is 0 Å². The molecule has 0 heterocycles. The molecule has 0 aliphatic heterocycles. The summed E-state index contributed by atoms with van der Waals surface area (Å²) in [6, 6.07) is 6.69. The third-order valence-electron chi connectivity index (χ3n) is 3.64. The molecule has 0 amide bonds. The zero-order valence-electron chi connectivity index (χ0n) is 12.6. The minimum absolute atomic E-state index is 0.113. The minimum atomic E-state index is -3.41. The molecule has 0 saturated heterocycles. The summed E-state index contributed by atoms with van der Waals surface area (Å²) in [5.74, 6) is 1.19. The molecule has 5 nitrogen and oxygen atoms in total. The van der Waals surface area contributed by atoms with E-state index in [0.29, 0.717) is 23.2 Å². The lowest BCUT2D eigenvalue weighted by Gasteiger charge is -2.08. The van der Waals surface area contributed by atoms with Gasteiger partial charge in [0.15, 0.2) is 0 Å². The molecule has 118 valence electrons. The fraction of sp³-hybridized carbons (Fsp3) is 0.600. The molecule has 21 heavy (non-hydrogen) atoms. The standard InChI is InChI=1S/C15H24N2O3S/c1-3-4-12-11-15(12)17-21(18,19)14-7-5-13(6-8-14)20-10-9-16-2/h5-8,12,15-17H,3-4,9-11H2,1-2H3. The van der Waals surface area contributed by atoms with Crippen molar-refractivity contribution in [2.24, 2.45) is 5.92 Å². The fourth-order valence-corrected chi connectivity index (χ4v) is 3.65. The summed E-state index contributed by atoms with van der Waals surface area (Å²) in [6.07, 6.45) is 3.14. The van der Waals surface area contributed by atoms with E-state index in [1.807, 2.05) is 7.05 Å². The van der Waals surface area contributed by atoms with Crippen molar-refractivity contribution in [1.82, 2.24) is 10.0 Å². The van der Waals surface area contributed by atoms with E-state index in [0.717, 1.165) is 25.8 Å². The molecule has 1 aromatic rings. The average Bonchev–Trinajstić information content (AvgIpc) is 3.17. The van der Waals surface area contributed by atoms with Crippen molar-refractivity contribution in [1.29, 1.82) is 0 Å². The molecule has 2 unspecified atom stereocenters. The van der Waals surface area contributed by atoms with E-state index in [1.165, 1.54) is 0 Å². The smallest absolute Gasteiger partial charge is 0.240 e. The highest BCUT2D eigenvalue weighted by molar-refractivity contribution is 7.89. The topological polar surface area (TPSA) is 67.4 Å². The Kier molecular flexibility index (Phi) is 5.61. The summed E-state index contributed by atoms with van der Waals surface area (Å²) < 4.78 is 32.7. The van der Waals surface area contributed by atoms with Crippen LogP contribution in [-0.2, 0) is 10.0 Å². The normalized spacial score (nSPS) is 21.2. The molecule has 0 radical (unpaired) electrons. The molecular formula is C15H24N2O3S. The van der Waals surface area contributed by atoms with Crippen molar-refractivity contribution >= 4 is 10.0 Å². The van der Waals surface area contributed by atoms with Gasteiger partial charge >= 0.3 is 0 Å². The zero-order chi connectivity index (χ0) is 15.3. The van der Waals surface area contributed by atoms with Crippen LogP contribution in [0.15, 0.2) is 29.2 Å². The SMILES string of the molecule is CCCC1CC1NS(=O)(=O)c1ccc(OCCNC)cc1. The van der Waals surface area contributed by atoms with Crippen LogP contribution in [0.4, 0.5) is 0 Å². The number of hydrogen-bond donors (Lipinski definition) is 2. The van der Waals surface area contributed by atoms with Crippen LogP contribution in [-0.4, -0.2) is 34.7 Å². The van der Waals surface area contributed by atoms with Gasteiger partial charge in [-0.2, -0.15) is 0 Å². The predicted molar refractivity (Wildman–Crippen MR) is 83.0 cm³/mol. The Bertz CT molecular complexity index is 543. The Morgan fingerprint density at radius 2 is 2.00 bits per heavy atom. The van der Waals surface area contributed by atoms with E-state index in [1.54, 1.807) is 24.3 Å². The number of sulfonamides is 1. The van der Waals surface area contributed by atoms with Gasteiger partial charge in [0.05, 0.1) is 4.90 Å². The Hall–Kier alpha value is -1.11. The van der Waals surface area contributed by atoms with Gasteiger partial charge in [0, 0.05) is 12.6 Å². The first-order chi connectivity index (χ1) is 10.1. The first-order valence-electron chi connectivity index (χ1n) is 7.46. The molecule has 1 fully saturated rings. The lowest BCUT2D eigenvalue weighted by Crippen LogP contribution is -2.27. The molecule has 2 rings (SSSR count). The van der Waals surface area contributed by atoms with Crippen molar-refractivity contribution < 1.29 is 13.2 Å². The summed E-state index contributed by atoms with van der Waals surface area (Å²) in [7, 11) is -1.55. The van der Waals surface area contributed by atoms with Crippen LogP contribution in [0.2, 0.25) is 0 Å². The number of rotatable bonds is 9. The van der Waals surface area contributed by atoms with Gasteiger partial charge in [0.1, 0.15) is 12.4 Å². The maximum Gasteiger partial charge on any atom is 0.240 e. The van der Waals surface area contributed by atoms with Crippen LogP contribution in [0.1, 0.15) is 26.2 Å². The van der Waals surface area contributed by atoms with E-state index in [4.69, 9.17) is 4.74 Å². The summed E-state index contributed by atoms with van der Waals surface area (Å²) in [6.45, 7) is 3.43. The monoisotopic (exact) mass is 312 g/mol. The molecule has 2 atom stereocenters. The number of ether oxygens (including phenoxy) is 1. The Morgan fingerprint density at radius 1 is 1.29 bits per heavy atom. The Morgan fingerprint density at radius 3 is 2.62 bits per heavy atom. The average molecular weight is 312 g/mol. The molecule has 2 N–H and O–H groups in total. The van der Waals surface area contributed by atoms with Gasteiger partial charge in [-0.1, -0.05) is 13.3 Å². The third kappa shape index (κ3) is 4.69. The van der Waals surface area contributed by atoms with Gasteiger partial charge in [-0.05, 0) is 50.1 Å². The number of benzene rings is 1. The molecular weight excluding hydrogens is 288 g/mol. The van der Waals surface area contributed by atoms with Crippen molar-refractivity contribution in [3.05, 3.63) is 24.3 Å². The second kappa shape index (κ2) is 7.24. The Labute approximate surface area is 127 Å². The second-order valence-electron chi connectivity index (χ2n) is 5.44. The highest BCUT2D eigenvalue weighted by Gasteiger charge is 2.39. The lowest BCUT2D eigenvalue weighted by atomic mass is 10.2. The predicted octanol–water partition coefficient (Wildman–Crippen LogP) is 1.75. The van der Waals surface area contributed by atoms with Crippen LogP contribution in [0.5, 0.6) is 5.75 Å². The molecule has 1 saturated carbocycles. The van der Waals surface area contributed by atoms with Gasteiger partial charge in [0.2, 0.25) is 10.0 Å². The largest absolute Gasteiger partial charge is 0.492 e. The maximum absolute atomic E-state index is 12.2. The van der Waals surface area contributed by atoms with E-state index in [2.05, 4.69) is 17.0 Å².